The molecule has 23 heteroatoms. The summed E-state index contributed by atoms with van der Waals surface area (Å²) in [6.45, 7) is 18.2. The summed E-state index contributed by atoms with van der Waals surface area (Å²) in [5.41, 5.74) is 19.2. The van der Waals surface area contributed by atoms with E-state index in [1.54, 1.807) is 6.33 Å². The van der Waals surface area contributed by atoms with Gasteiger partial charge >= 0.3 is 0 Å². The van der Waals surface area contributed by atoms with E-state index in [0.717, 1.165) is 210 Å². The first-order valence-corrected chi connectivity index (χ1v) is 38.5. The van der Waals surface area contributed by atoms with Crippen LogP contribution in [0.1, 0.15) is 85.1 Å². The summed E-state index contributed by atoms with van der Waals surface area (Å²) >= 11 is 18.4. The monoisotopic (exact) mass is 1480 g/mol. The van der Waals surface area contributed by atoms with Crippen molar-refractivity contribution in [2.45, 2.75) is 109 Å². The summed E-state index contributed by atoms with van der Waals surface area (Å²) in [7, 11) is 0. The number of aromatic nitrogens is 10. The summed E-state index contributed by atoms with van der Waals surface area (Å²) in [4.78, 5) is 56.6. The van der Waals surface area contributed by atoms with Gasteiger partial charge in [-0.05, 0) is 247 Å². The van der Waals surface area contributed by atoms with Crippen LogP contribution in [-0.4, -0.2) is 176 Å². The molecule has 12 aromatic rings. The second-order valence-electron chi connectivity index (χ2n) is 27.9. The number of pyridine rings is 6. The van der Waals surface area contributed by atoms with Crippen molar-refractivity contribution in [1.29, 1.82) is 0 Å². The van der Waals surface area contributed by atoms with Crippen LogP contribution in [-0.2, 0) is 39.3 Å². The van der Waals surface area contributed by atoms with Gasteiger partial charge in [0.1, 0.15) is 5.82 Å². The highest BCUT2D eigenvalue weighted by Crippen LogP contribution is 2.30. The van der Waals surface area contributed by atoms with Gasteiger partial charge in [0, 0.05) is 211 Å². The lowest BCUT2D eigenvalue weighted by Crippen LogP contribution is -2.45. The molecule has 0 amide bonds. The van der Waals surface area contributed by atoms with Gasteiger partial charge in [-0.2, -0.15) is 0 Å². The molecule has 106 heavy (non-hydrogen) atoms. The fraction of sp³-hybridized carbons (Fsp3) is 0.349. The van der Waals surface area contributed by atoms with Gasteiger partial charge in [0.2, 0.25) is 0 Å². The molecule has 11 heterocycles. The largest absolute Gasteiger partial charge is 0.399 e. The van der Waals surface area contributed by atoms with E-state index >= 15 is 0 Å². The van der Waals surface area contributed by atoms with Crippen molar-refractivity contribution < 1.29 is 0 Å². The van der Waals surface area contributed by atoms with Gasteiger partial charge in [-0.15, -0.1) is 0 Å². The molecule has 15 rings (SSSR count). The molecular weight excluding hydrogens is 1380 g/mol. The number of H-pyrrole nitrogens is 2. The average molecular weight is 1480 g/mol. The van der Waals surface area contributed by atoms with Crippen molar-refractivity contribution in [3.63, 3.8) is 0 Å². The van der Waals surface area contributed by atoms with Crippen LogP contribution >= 0.6 is 34.8 Å². The van der Waals surface area contributed by atoms with Crippen LogP contribution in [0.2, 0.25) is 15.1 Å². The molecule has 3 fully saturated rings. The lowest BCUT2D eigenvalue weighted by atomic mass is 10.0. The van der Waals surface area contributed by atoms with Crippen LogP contribution in [0.3, 0.4) is 0 Å². The van der Waals surface area contributed by atoms with E-state index < -0.39 is 0 Å². The second-order valence-corrected chi connectivity index (χ2v) is 29.2. The van der Waals surface area contributed by atoms with Crippen molar-refractivity contribution in [2.75, 3.05) is 100 Å². The highest BCUT2D eigenvalue weighted by Gasteiger charge is 2.29. The van der Waals surface area contributed by atoms with Gasteiger partial charge in [0.25, 0.3) is 0 Å². The second kappa shape index (κ2) is 38.9. The molecule has 3 aliphatic rings. The number of fused-ring (bicyclic) bond motifs is 3. The molecule has 0 saturated carbocycles. The zero-order chi connectivity index (χ0) is 72.5. The number of hydrogen-bond donors (Lipinski definition) is 6. The number of piperidine rings is 3. The number of nitrogens with zero attached hydrogens (tertiary/aromatic N) is 14. The fourth-order valence-corrected chi connectivity index (χ4v) is 15.4. The standard InChI is InChI=1S/C29H33ClN6.2C27H32ClN7/c30-24-3-6-27-28(9-14-33-29(27)19-24)34-15-18-35-16-10-26(11-17-35)36(21-23-7-12-32-13-8-23)20-22-1-4-25(31)5-2-22;28-22-2-3-24-25(6-12-31-26(24)18-22)30-9-1-15-34-16-7-23(8-17-34)35(20-27-32-13-14-33-27)19-21-4-10-29-11-5-21;28-22-2-3-25-26(6-12-32-27(25)16-22)31-9-1-13-34-14-7-24(8-15-34)35(19-23-17-30-20-33-23)18-21-4-10-29-11-5-21/h1-9,12-14,19,26H,10-11,15-18,20-21,31H2,(H,33,34);2-6,10-14,18,23H,1,7-9,15-17,19-20H2,(H,30,31)(H,32,33);2-6,10-12,16-17,20,24H,1,7-9,13-15,18-19H2,(H,30,33)(H,31,32). The number of likely N-dealkylation sites (tertiary alicyclic amines) is 3. The molecular formula is C83H97Cl3N20. The molecule has 0 spiro atoms. The van der Waals surface area contributed by atoms with Crippen molar-refractivity contribution >= 4 is 90.3 Å². The lowest BCUT2D eigenvalue weighted by molar-refractivity contribution is 0.0945. The lowest BCUT2D eigenvalue weighted by Gasteiger charge is -2.39. The third kappa shape index (κ3) is 22.2. The molecule has 3 saturated heterocycles. The third-order valence-corrected chi connectivity index (χ3v) is 21.3. The quantitative estimate of drug-likeness (QED) is 0.0190. The van der Waals surface area contributed by atoms with Gasteiger partial charge in [0.05, 0.1) is 29.4 Å². The number of anilines is 4. The van der Waals surface area contributed by atoms with Crippen molar-refractivity contribution in [3.05, 3.63) is 263 Å². The van der Waals surface area contributed by atoms with E-state index in [4.69, 9.17) is 40.5 Å². The van der Waals surface area contributed by atoms with Crippen LogP contribution in [0.15, 0.2) is 214 Å². The molecule has 0 bridgehead atoms. The van der Waals surface area contributed by atoms with Crippen molar-refractivity contribution in [3.8, 4) is 0 Å². The Morgan fingerprint density at radius 2 is 0.774 bits per heavy atom. The van der Waals surface area contributed by atoms with E-state index in [2.05, 4.69) is 144 Å². The first kappa shape index (κ1) is 75.1. The summed E-state index contributed by atoms with van der Waals surface area (Å²) in [5, 5.41) is 16.3. The summed E-state index contributed by atoms with van der Waals surface area (Å²) in [6, 6.07) is 46.4. The number of benzene rings is 4. The minimum atomic E-state index is 0.550. The Labute approximate surface area is 637 Å². The zero-order valence-corrected chi connectivity index (χ0v) is 62.6. The maximum atomic E-state index is 6.13. The number of nitrogens with two attached hydrogens (primary N) is 1. The van der Waals surface area contributed by atoms with E-state index in [0.29, 0.717) is 28.2 Å². The van der Waals surface area contributed by atoms with Crippen LogP contribution in [0, 0.1) is 0 Å². The Balaban J connectivity index is 0.000000141. The van der Waals surface area contributed by atoms with Crippen LogP contribution < -0.4 is 21.7 Å². The van der Waals surface area contributed by atoms with Crippen LogP contribution in [0.5, 0.6) is 0 Å². The Morgan fingerprint density at radius 3 is 1.17 bits per heavy atom. The third-order valence-electron chi connectivity index (χ3n) is 20.6. The molecule has 550 valence electrons. The number of imidazole rings is 2. The maximum absolute atomic E-state index is 6.13. The van der Waals surface area contributed by atoms with E-state index in [1.807, 2.05) is 159 Å². The van der Waals surface area contributed by atoms with E-state index in [-0.39, 0.29) is 0 Å². The summed E-state index contributed by atoms with van der Waals surface area (Å²) in [6.07, 6.45) is 33.5. The number of nitrogens with one attached hydrogen (secondary N) is 5. The fourth-order valence-electron chi connectivity index (χ4n) is 14.9. The smallest absolute Gasteiger partial charge is 0.120 e. The first-order chi connectivity index (χ1) is 52.1. The highest BCUT2D eigenvalue weighted by molar-refractivity contribution is 6.32. The molecule has 0 aliphatic carbocycles. The molecule has 4 aromatic carbocycles. The first-order valence-electron chi connectivity index (χ1n) is 37.3. The number of nitrogen functional groups attached to an aromatic ring is 1. The Hall–Kier alpha value is -9.19. The Kier molecular flexibility index (Phi) is 27.5. The Morgan fingerprint density at radius 1 is 0.387 bits per heavy atom. The molecule has 0 atom stereocenters. The summed E-state index contributed by atoms with van der Waals surface area (Å²) < 4.78 is 0. The van der Waals surface area contributed by atoms with E-state index in [9.17, 15) is 0 Å². The maximum Gasteiger partial charge on any atom is 0.120 e. The molecule has 3 aliphatic heterocycles. The number of hydrogen-bond acceptors (Lipinski definition) is 18. The molecule has 20 nitrogen and oxygen atoms in total. The average Bonchev–Trinajstić information content (AvgIpc) is 1.56. The van der Waals surface area contributed by atoms with Crippen molar-refractivity contribution in [1.82, 2.24) is 79.2 Å². The van der Waals surface area contributed by atoms with Gasteiger partial charge in [-0.3, -0.25) is 44.6 Å². The predicted molar refractivity (Wildman–Crippen MR) is 432 cm³/mol. The minimum Gasteiger partial charge on any atom is -0.399 e. The topological polar surface area (TPSA) is 216 Å². The van der Waals surface area contributed by atoms with E-state index in [1.165, 1.54) is 53.6 Å². The van der Waals surface area contributed by atoms with Gasteiger partial charge in [0.15, 0.2) is 0 Å². The highest BCUT2D eigenvalue weighted by atomic mass is 35.5. The van der Waals surface area contributed by atoms with Gasteiger partial charge in [-0.25, -0.2) is 9.97 Å². The summed E-state index contributed by atoms with van der Waals surface area (Å²) in [5.74, 6) is 1.03. The van der Waals surface area contributed by atoms with Crippen LogP contribution in [0.25, 0.3) is 32.7 Å². The Bertz CT molecular complexity index is 4370. The van der Waals surface area contributed by atoms with Crippen LogP contribution in [0.4, 0.5) is 22.7 Å². The molecule has 0 radical (unpaired) electrons. The molecule has 7 N–H and O–H groups in total. The minimum absolute atomic E-state index is 0.550. The van der Waals surface area contributed by atoms with Gasteiger partial charge < -0.3 is 46.4 Å². The predicted octanol–water partition coefficient (Wildman–Crippen LogP) is 15.4. The van der Waals surface area contributed by atoms with Crippen molar-refractivity contribution in [2.24, 2.45) is 0 Å². The SMILES string of the molecule is Clc1ccc2c(NCCCN3CCC(N(Cc4ccncc4)Cc4cnc[nH]4)CC3)ccnc2c1.Clc1ccc2c(NCCCN3CCC(N(Cc4ccncc4)Cc4ncc[nH]4)CC3)ccnc2c1.Nc1ccc(CN(Cc2ccncc2)C2CCN(CCNc3ccnc4cc(Cl)ccc34)CC2)cc1. The molecule has 0 unspecified atom stereocenters. The van der Waals surface area contributed by atoms with Gasteiger partial charge in [-0.1, -0.05) is 46.9 Å². The zero-order valence-electron chi connectivity index (χ0n) is 60.3. The number of halogens is 3. The normalized spacial score (nSPS) is 15.1. The number of aromatic amines is 2. The molecule has 8 aromatic heterocycles. The number of rotatable bonds is 29.